The molecule has 0 unspecified atom stereocenters. The van der Waals surface area contributed by atoms with Crippen LogP contribution >= 0.6 is 0 Å². The molecule has 1 aliphatic heterocycles. The first-order valence-electron chi connectivity index (χ1n) is 11.2. The standard InChI is InChI=1S/C27H23N3O7/c1-16-4-10-22(17(2)12-16)29-26(32)21(25(31)28-27(29)33)13-19-7-11-23(24(14-19)36-3)37-15-18-5-8-20(9-6-18)30(34)35/h4-14H,15H2,1-3H3,(H,28,31,33)/b21-13+. The van der Waals surface area contributed by atoms with E-state index in [1.807, 2.05) is 13.0 Å². The first-order valence-corrected chi connectivity index (χ1v) is 11.2. The predicted molar refractivity (Wildman–Crippen MR) is 135 cm³/mol. The number of amides is 4. The second kappa shape index (κ2) is 10.3. The van der Waals surface area contributed by atoms with Crippen LogP contribution in [0.5, 0.6) is 11.5 Å². The van der Waals surface area contributed by atoms with Gasteiger partial charge >= 0.3 is 6.03 Å². The highest BCUT2D eigenvalue weighted by molar-refractivity contribution is 6.39. The summed E-state index contributed by atoms with van der Waals surface area (Å²) in [4.78, 5) is 49.5. The topological polar surface area (TPSA) is 128 Å². The summed E-state index contributed by atoms with van der Waals surface area (Å²) in [7, 11) is 1.45. The maximum absolute atomic E-state index is 13.2. The number of nitrogens with one attached hydrogen (secondary N) is 1. The lowest BCUT2D eigenvalue weighted by Crippen LogP contribution is -2.54. The Bertz CT molecular complexity index is 1440. The van der Waals surface area contributed by atoms with E-state index in [2.05, 4.69) is 5.32 Å². The van der Waals surface area contributed by atoms with E-state index in [-0.39, 0.29) is 17.9 Å². The van der Waals surface area contributed by atoms with Crippen LogP contribution in [0.15, 0.2) is 66.2 Å². The minimum absolute atomic E-state index is 0.0159. The Hall–Kier alpha value is -4.99. The van der Waals surface area contributed by atoms with Crippen molar-refractivity contribution in [2.45, 2.75) is 20.5 Å². The van der Waals surface area contributed by atoms with Gasteiger partial charge in [0, 0.05) is 12.1 Å². The number of hydrogen-bond donors (Lipinski definition) is 1. The highest BCUT2D eigenvalue weighted by atomic mass is 16.6. The molecule has 1 saturated heterocycles. The zero-order valence-electron chi connectivity index (χ0n) is 20.3. The third-order valence-corrected chi connectivity index (χ3v) is 5.74. The maximum atomic E-state index is 13.2. The third-order valence-electron chi connectivity index (χ3n) is 5.74. The molecule has 1 aliphatic rings. The van der Waals surface area contributed by atoms with Crippen molar-refractivity contribution in [1.82, 2.24) is 5.32 Å². The monoisotopic (exact) mass is 501 g/mol. The number of carbonyl (C=O) groups is 3. The van der Waals surface area contributed by atoms with Crippen molar-refractivity contribution >= 4 is 35.3 Å². The predicted octanol–water partition coefficient (Wildman–Crippen LogP) is 4.47. The Labute approximate surface area is 212 Å². The molecule has 4 rings (SSSR count). The number of benzene rings is 3. The van der Waals surface area contributed by atoms with Crippen LogP contribution in [0, 0.1) is 24.0 Å². The van der Waals surface area contributed by atoms with Crippen LogP contribution in [-0.2, 0) is 16.2 Å². The lowest BCUT2D eigenvalue weighted by atomic mass is 10.0. The molecule has 4 amide bonds. The lowest BCUT2D eigenvalue weighted by Gasteiger charge is -2.27. The lowest BCUT2D eigenvalue weighted by molar-refractivity contribution is -0.384. The van der Waals surface area contributed by atoms with Crippen molar-refractivity contribution in [2.75, 3.05) is 12.0 Å². The molecule has 0 aromatic heterocycles. The molecule has 0 atom stereocenters. The average Bonchev–Trinajstić information content (AvgIpc) is 2.87. The first-order chi connectivity index (χ1) is 17.7. The fourth-order valence-electron chi connectivity index (χ4n) is 3.87. The van der Waals surface area contributed by atoms with Gasteiger partial charge in [0.15, 0.2) is 11.5 Å². The second-order valence-electron chi connectivity index (χ2n) is 8.37. The van der Waals surface area contributed by atoms with E-state index in [0.29, 0.717) is 28.3 Å². The number of aryl methyl sites for hydroxylation is 2. The summed E-state index contributed by atoms with van der Waals surface area (Å²) in [6.45, 7) is 3.82. The number of nitro groups is 1. The van der Waals surface area contributed by atoms with Gasteiger partial charge in [-0.3, -0.25) is 25.0 Å². The summed E-state index contributed by atoms with van der Waals surface area (Å²) in [6, 6.07) is 15.3. The molecule has 1 N–H and O–H groups in total. The van der Waals surface area contributed by atoms with Crippen molar-refractivity contribution in [3.63, 3.8) is 0 Å². The third kappa shape index (κ3) is 5.32. The van der Waals surface area contributed by atoms with Crippen molar-refractivity contribution in [1.29, 1.82) is 0 Å². The summed E-state index contributed by atoms with van der Waals surface area (Å²) >= 11 is 0. The summed E-state index contributed by atoms with van der Waals surface area (Å²) in [6.07, 6.45) is 1.38. The van der Waals surface area contributed by atoms with Gasteiger partial charge in [0.1, 0.15) is 12.2 Å². The van der Waals surface area contributed by atoms with E-state index in [1.165, 1.54) is 25.3 Å². The minimum Gasteiger partial charge on any atom is -0.493 e. The molecule has 1 fully saturated rings. The van der Waals surface area contributed by atoms with Gasteiger partial charge in [-0.15, -0.1) is 0 Å². The van der Waals surface area contributed by atoms with Gasteiger partial charge in [0.2, 0.25) is 0 Å². The number of hydrogen-bond acceptors (Lipinski definition) is 7. The number of imide groups is 2. The summed E-state index contributed by atoms with van der Waals surface area (Å²) in [5, 5.41) is 13.0. The van der Waals surface area contributed by atoms with E-state index in [9.17, 15) is 24.5 Å². The molecule has 3 aromatic carbocycles. The molecule has 10 heteroatoms. The largest absolute Gasteiger partial charge is 0.493 e. The van der Waals surface area contributed by atoms with Crippen LogP contribution in [0.25, 0.3) is 6.08 Å². The number of barbiturate groups is 1. The molecule has 0 bridgehead atoms. The molecular formula is C27H23N3O7. The highest BCUT2D eigenvalue weighted by Gasteiger charge is 2.37. The Morgan fingerprint density at radius 3 is 2.35 bits per heavy atom. The van der Waals surface area contributed by atoms with Crippen LogP contribution in [0.4, 0.5) is 16.2 Å². The number of ether oxygens (including phenoxy) is 2. The average molecular weight is 501 g/mol. The van der Waals surface area contributed by atoms with Gasteiger partial charge < -0.3 is 9.47 Å². The zero-order valence-corrected chi connectivity index (χ0v) is 20.3. The zero-order chi connectivity index (χ0) is 26.7. The summed E-state index contributed by atoms with van der Waals surface area (Å²) in [5.74, 6) is -0.789. The van der Waals surface area contributed by atoms with Crippen molar-refractivity contribution in [2.24, 2.45) is 0 Å². The number of nitrogens with zero attached hydrogens (tertiary/aromatic N) is 2. The number of nitro benzene ring substituents is 1. The Kier molecular flexibility index (Phi) is 7.01. The quantitative estimate of drug-likeness (QED) is 0.219. The van der Waals surface area contributed by atoms with Crippen LogP contribution in [0.2, 0.25) is 0 Å². The van der Waals surface area contributed by atoms with Gasteiger partial charge in [0.05, 0.1) is 17.7 Å². The van der Waals surface area contributed by atoms with Crippen molar-refractivity contribution in [3.05, 3.63) is 98.6 Å². The Morgan fingerprint density at radius 1 is 0.973 bits per heavy atom. The molecule has 3 aromatic rings. The van der Waals surface area contributed by atoms with E-state index >= 15 is 0 Å². The van der Waals surface area contributed by atoms with Crippen LogP contribution < -0.4 is 19.7 Å². The minimum atomic E-state index is -0.813. The SMILES string of the molecule is COc1cc(/C=C2\C(=O)NC(=O)N(c3ccc(C)cc3C)C2=O)ccc1OCc1ccc([N+](=O)[O-])cc1. The summed E-state index contributed by atoms with van der Waals surface area (Å²) < 4.78 is 11.2. The fraction of sp³-hybridized carbons (Fsp3) is 0.148. The molecule has 0 radical (unpaired) electrons. The van der Waals surface area contributed by atoms with E-state index in [1.54, 1.807) is 49.4 Å². The number of anilines is 1. The molecule has 37 heavy (non-hydrogen) atoms. The van der Waals surface area contributed by atoms with Crippen molar-refractivity contribution in [3.8, 4) is 11.5 Å². The van der Waals surface area contributed by atoms with Gasteiger partial charge in [-0.05, 0) is 66.9 Å². The molecule has 0 aliphatic carbocycles. The first kappa shape index (κ1) is 25.1. The van der Waals surface area contributed by atoms with Crippen LogP contribution in [-0.4, -0.2) is 29.9 Å². The van der Waals surface area contributed by atoms with Gasteiger partial charge in [-0.2, -0.15) is 0 Å². The molecule has 10 nitrogen and oxygen atoms in total. The molecule has 1 heterocycles. The van der Waals surface area contributed by atoms with E-state index in [4.69, 9.17) is 9.47 Å². The summed E-state index contributed by atoms with van der Waals surface area (Å²) in [5.41, 5.74) is 3.06. The molecule has 188 valence electrons. The number of urea groups is 1. The van der Waals surface area contributed by atoms with E-state index in [0.717, 1.165) is 16.0 Å². The fourth-order valence-corrected chi connectivity index (χ4v) is 3.87. The van der Waals surface area contributed by atoms with E-state index < -0.39 is 22.8 Å². The normalized spacial score (nSPS) is 14.5. The smallest absolute Gasteiger partial charge is 0.335 e. The van der Waals surface area contributed by atoms with Crippen LogP contribution in [0.1, 0.15) is 22.3 Å². The van der Waals surface area contributed by atoms with Crippen molar-refractivity contribution < 1.29 is 28.8 Å². The van der Waals surface area contributed by atoms with Gasteiger partial charge in [0.25, 0.3) is 17.5 Å². The molecule has 0 saturated carbocycles. The number of non-ortho nitro benzene ring substituents is 1. The van der Waals surface area contributed by atoms with Gasteiger partial charge in [-0.1, -0.05) is 23.8 Å². The molecule has 0 spiro atoms. The highest BCUT2D eigenvalue weighted by Crippen LogP contribution is 2.31. The Morgan fingerprint density at radius 2 is 1.70 bits per heavy atom. The maximum Gasteiger partial charge on any atom is 0.335 e. The number of rotatable bonds is 7. The number of methoxy groups -OCH3 is 1. The van der Waals surface area contributed by atoms with Crippen LogP contribution in [0.3, 0.4) is 0 Å². The second-order valence-corrected chi connectivity index (χ2v) is 8.37. The molecular weight excluding hydrogens is 478 g/mol. The van der Waals surface area contributed by atoms with Gasteiger partial charge in [-0.25, -0.2) is 9.69 Å². The Balaban J connectivity index is 1.57. The number of carbonyl (C=O) groups excluding carboxylic acids is 3.